The number of halogens is 3. The molecular weight excluding hydrogens is 547 g/mol. The number of benzene rings is 2. The van der Waals surface area contributed by atoms with Gasteiger partial charge in [0.2, 0.25) is 0 Å². The molecule has 13 heteroatoms. The van der Waals surface area contributed by atoms with Crippen molar-refractivity contribution >= 4 is 30.5 Å². The van der Waals surface area contributed by atoms with Gasteiger partial charge in [-0.25, -0.2) is 22.6 Å². The van der Waals surface area contributed by atoms with Crippen molar-refractivity contribution in [1.29, 1.82) is 0 Å². The lowest BCUT2D eigenvalue weighted by molar-refractivity contribution is -0.122. The standard InChI is InChI=1S/C26H28F3N5O2S.CH2O2/c1-31-10-12-32(13-11-31)8-3-9-33(26(35)36)20-5-2-4-18(14-20)17-34-24(37)7-6-23(30-34)19-15-21(27)25(29)22(28)16-19;2-1-3/h2,4-7,14-16H,3,8-13,17H2,1H3,(H,35,36);1H,(H,2,3). The lowest BCUT2D eigenvalue weighted by Crippen LogP contribution is -2.45. The summed E-state index contributed by atoms with van der Waals surface area (Å²) < 4.78 is 42.6. The molecule has 40 heavy (non-hydrogen) atoms. The summed E-state index contributed by atoms with van der Waals surface area (Å²) in [6.07, 6.45) is -0.327. The molecule has 2 aromatic carbocycles. The van der Waals surface area contributed by atoms with Crippen LogP contribution in [0.4, 0.5) is 23.7 Å². The smallest absolute Gasteiger partial charge is 0.411 e. The Morgan fingerprint density at radius 1 is 1.07 bits per heavy atom. The van der Waals surface area contributed by atoms with Crippen molar-refractivity contribution in [2.24, 2.45) is 0 Å². The average Bonchev–Trinajstić information content (AvgIpc) is 2.92. The maximum atomic E-state index is 13.7. The van der Waals surface area contributed by atoms with Crippen LogP contribution < -0.4 is 4.90 Å². The Balaban J connectivity index is 0.00000141. The number of aromatic nitrogens is 2. The van der Waals surface area contributed by atoms with Crippen LogP contribution in [0.1, 0.15) is 12.0 Å². The predicted octanol–water partition coefficient (Wildman–Crippen LogP) is 4.57. The summed E-state index contributed by atoms with van der Waals surface area (Å²) in [5, 5.41) is 21.1. The lowest BCUT2D eigenvalue weighted by Gasteiger charge is -2.32. The molecule has 3 aromatic rings. The molecule has 0 saturated carbocycles. The van der Waals surface area contributed by atoms with Crippen molar-refractivity contribution in [2.75, 3.05) is 51.2 Å². The molecule has 4 rings (SSSR count). The number of nitrogens with zero attached hydrogens (tertiary/aromatic N) is 5. The van der Waals surface area contributed by atoms with Crippen molar-refractivity contribution in [3.8, 4) is 11.3 Å². The fraction of sp³-hybridized carbons (Fsp3) is 0.333. The number of amides is 1. The molecule has 1 fully saturated rings. The van der Waals surface area contributed by atoms with Gasteiger partial charge in [-0.3, -0.25) is 9.69 Å². The molecule has 2 N–H and O–H groups in total. The molecule has 1 aliphatic heterocycles. The maximum absolute atomic E-state index is 13.7. The van der Waals surface area contributed by atoms with Gasteiger partial charge in [0.1, 0.15) is 4.64 Å². The Morgan fingerprint density at radius 2 is 1.73 bits per heavy atom. The molecule has 0 spiro atoms. The van der Waals surface area contributed by atoms with Crippen LogP contribution in [0, 0.1) is 22.1 Å². The average molecular weight is 578 g/mol. The second kappa shape index (κ2) is 14.5. The number of piperazine rings is 1. The highest BCUT2D eigenvalue weighted by Gasteiger charge is 2.18. The van der Waals surface area contributed by atoms with Gasteiger partial charge in [0.15, 0.2) is 17.5 Å². The third kappa shape index (κ3) is 8.34. The Kier molecular flexibility index (Phi) is 11.2. The molecule has 1 aromatic heterocycles. The van der Waals surface area contributed by atoms with Gasteiger partial charge >= 0.3 is 6.09 Å². The second-order valence-corrected chi connectivity index (χ2v) is 9.59. The van der Waals surface area contributed by atoms with E-state index in [9.17, 15) is 23.1 Å². The van der Waals surface area contributed by atoms with Crippen LogP contribution in [0.3, 0.4) is 0 Å². The van der Waals surface area contributed by atoms with E-state index in [0.29, 0.717) is 23.3 Å². The monoisotopic (exact) mass is 577 g/mol. The summed E-state index contributed by atoms with van der Waals surface area (Å²) in [5.41, 5.74) is 1.58. The fourth-order valence-corrected chi connectivity index (χ4v) is 4.45. The highest BCUT2D eigenvalue weighted by molar-refractivity contribution is 7.71. The highest BCUT2D eigenvalue weighted by Crippen LogP contribution is 2.23. The number of anilines is 1. The largest absolute Gasteiger partial charge is 0.483 e. The first kappa shape index (κ1) is 30.7. The van der Waals surface area contributed by atoms with Crippen LogP contribution in [-0.2, 0) is 11.3 Å². The van der Waals surface area contributed by atoms with E-state index in [-0.39, 0.29) is 24.3 Å². The lowest BCUT2D eigenvalue weighted by atomic mass is 10.1. The Hall–Kier alpha value is -3.81. The van der Waals surface area contributed by atoms with Crippen molar-refractivity contribution in [3.63, 3.8) is 0 Å². The number of hydrogen-bond donors (Lipinski definition) is 2. The van der Waals surface area contributed by atoms with Gasteiger partial charge < -0.3 is 20.0 Å². The van der Waals surface area contributed by atoms with Gasteiger partial charge in [-0.1, -0.05) is 24.4 Å². The van der Waals surface area contributed by atoms with Crippen LogP contribution in [0.2, 0.25) is 0 Å². The van der Waals surface area contributed by atoms with E-state index >= 15 is 0 Å². The van der Waals surface area contributed by atoms with Gasteiger partial charge in [-0.05, 0) is 62.0 Å². The highest BCUT2D eigenvalue weighted by atomic mass is 32.1. The van der Waals surface area contributed by atoms with Gasteiger partial charge in [-0.2, -0.15) is 5.10 Å². The van der Waals surface area contributed by atoms with Gasteiger partial charge in [0.25, 0.3) is 6.47 Å². The zero-order valence-corrected chi connectivity index (χ0v) is 22.7. The molecule has 0 atom stereocenters. The second-order valence-electron chi connectivity index (χ2n) is 9.18. The number of carbonyl (C=O) groups is 2. The molecule has 1 saturated heterocycles. The molecule has 1 amide bonds. The quantitative estimate of drug-likeness (QED) is 0.228. The summed E-state index contributed by atoms with van der Waals surface area (Å²) in [6, 6.07) is 11.9. The molecule has 2 heterocycles. The van der Waals surface area contributed by atoms with Crippen LogP contribution in [0.15, 0.2) is 48.5 Å². The van der Waals surface area contributed by atoms with Crippen LogP contribution in [0.5, 0.6) is 0 Å². The number of carboxylic acid groups (broad SMARTS) is 2. The predicted molar refractivity (Wildman–Crippen MR) is 147 cm³/mol. The van der Waals surface area contributed by atoms with E-state index in [4.69, 9.17) is 22.1 Å². The Bertz CT molecular complexity index is 1360. The van der Waals surface area contributed by atoms with Crippen molar-refractivity contribution < 1.29 is 33.0 Å². The molecule has 0 unspecified atom stereocenters. The summed E-state index contributed by atoms with van der Waals surface area (Å²) in [6.45, 7) is 5.11. The number of hydrogen-bond acceptors (Lipinski definition) is 6. The molecular formula is C27H30F3N5O4S. The minimum atomic E-state index is -1.54. The summed E-state index contributed by atoms with van der Waals surface area (Å²) in [4.78, 5) is 26.3. The normalized spacial score (nSPS) is 13.8. The van der Waals surface area contributed by atoms with Crippen molar-refractivity contribution in [1.82, 2.24) is 19.6 Å². The SMILES string of the molecule is CN1CCN(CCCN(C(=O)O)c2cccc(Cn3nc(-c4cc(F)c(F)c(F)c4)ccc3=S)c2)CC1.O=CO. The van der Waals surface area contributed by atoms with E-state index in [0.717, 1.165) is 50.4 Å². The van der Waals surface area contributed by atoms with Crippen LogP contribution in [-0.4, -0.2) is 88.7 Å². The summed E-state index contributed by atoms with van der Waals surface area (Å²) >= 11 is 5.37. The fourth-order valence-electron chi connectivity index (χ4n) is 4.27. The van der Waals surface area contributed by atoms with Gasteiger partial charge in [-0.15, -0.1) is 0 Å². The summed E-state index contributed by atoms with van der Waals surface area (Å²) in [7, 11) is 2.10. The topological polar surface area (TPSA) is 102 Å². The first-order chi connectivity index (χ1) is 19.1. The van der Waals surface area contributed by atoms with E-state index in [1.165, 1.54) is 15.6 Å². The van der Waals surface area contributed by atoms with E-state index < -0.39 is 23.5 Å². The molecule has 9 nitrogen and oxygen atoms in total. The van der Waals surface area contributed by atoms with Crippen LogP contribution >= 0.6 is 12.2 Å². The molecule has 0 radical (unpaired) electrons. The zero-order valence-electron chi connectivity index (χ0n) is 21.8. The molecule has 0 bridgehead atoms. The molecule has 1 aliphatic rings. The number of likely N-dealkylation sites (N-methyl/N-ethyl adjacent to an activating group) is 1. The summed E-state index contributed by atoms with van der Waals surface area (Å²) in [5.74, 6) is -4.15. The first-order valence-electron chi connectivity index (χ1n) is 12.4. The first-order valence-corrected chi connectivity index (χ1v) is 12.8. The zero-order chi connectivity index (χ0) is 29.2. The minimum Gasteiger partial charge on any atom is -0.483 e. The Morgan fingerprint density at radius 3 is 2.35 bits per heavy atom. The third-order valence-electron chi connectivity index (χ3n) is 6.38. The van der Waals surface area contributed by atoms with E-state index in [1.807, 2.05) is 6.07 Å². The van der Waals surface area contributed by atoms with Crippen molar-refractivity contribution in [2.45, 2.75) is 13.0 Å². The molecule has 0 aliphatic carbocycles. The van der Waals surface area contributed by atoms with E-state index in [1.54, 1.807) is 24.3 Å². The van der Waals surface area contributed by atoms with E-state index in [2.05, 4.69) is 21.9 Å². The number of rotatable bonds is 8. The maximum Gasteiger partial charge on any atom is 0.411 e. The molecule has 214 valence electrons. The van der Waals surface area contributed by atoms with Crippen molar-refractivity contribution in [3.05, 3.63) is 76.2 Å². The third-order valence-corrected chi connectivity index (χ3v) is 6.73. The van der Waals surface area contributed by atoms with Gasteiger partial charge in [0.05, 0.1) is 12.2 Å². The Labute approximate surface area is 234 Å². The van der Waals surface area contributed by atoms with Gasteiger partial charge in [0, 0.05) is 44.0 Å². The van der Waals surface area contributed by atoms with Crippen LogP contribution in [0.25, 0.3) is 11.3 Å². The minimum absolute atomic E-state index is 0.0753.